The topological polar surface area (TPSA) is 38.8 Å². The number of carbonyl (C=O) groups excluding carboxylic acids is 1. The number of halogens is 1. The normalized spacial score (nSPS) is 20.6. The number of benzene rings is 1. The highest BCUT2D eigenvalue weighted by atomic mass is 19.1. The number of piperazine rings is 1. The highest BCUT2D eigenvalue weighted by molar-refractivity contribution is 5.76. The lowest BCUT2D eigenvalue weighted by Gasteiger charge is -2.34. The van der Waals surface area contributed by atoms with Gasteiger partial charge in [-0.15, -0.1) is 0 Å². The lowest BCUT2D eigenvalue weighted by atomic mass is 10.0. The summed E-state index contributed by atoms with van der Waals surface area (Å²) < 4.78 is 13.9. The van der Waals surface area contributed by atoms with Crippen LogP contribution in [0.25, 0.3) is 0 Å². The van der Waals surface area contributed by atoms with Crippen LogP contribution in [0.1, 0.15) is 19.3 Å². The van der Waals surface area contributed by atoms with E-state index < -0.39 is 0 Å². The number of piperidine rings is 1. The molecule has 1 aromatic carbocycles. The van der Waals surface area contributed by atoms with Crippen LogP contribution in [0.4, 0.5) is 10.1 Å². The van der Waals surface area contributed by atoms with E-state index in [-0.39, 0.29) is 17.8 Å². The Morgan fingerprint density at radius 3 is 2.48 bits per heavy atom. The number of likely N-dealkylation sites (N-methyl/N-ethyl adjacent to an activating group) is 1. The molecule has 1 amide bonds. The Morgan fingerprint density at radius 1 is 1.12 bits per heavy atom. The van der Waals surface area contributed by atoms with Crippen molar-refractivity contribution in [1.29, 1.82) is 0 Å². The second-order valence-corrected chi connectivity index (χ2v) is 7.18. The van der Waals surface area contributed by atoms with Crippen molar-refractivity contribution in [2.75, 3.05) is 57.8 Å². The van der Waals surface area contributed by atoms with Crippen LogP contribution in [0.15, 0.2) is 24.3 Å². The molecule has 1 aromatic rings. The van der Waals surface area contributed by atoms with Gasteiger partial charge in [0, 0.05) is 58.3 Å². The van der Waals surface area contributed by atoms with Crippen LogP contribution in [0.5, 0.6) is 0 Å². The van der Waals surface area contributed by atoms with Crippen molar-refractivity contribution in [1.82, 2.24) is 15.1 Å². The number of amides is 1. The zero-order chi connectivity index (χ0) is 17.6. The average molecular weight is 348 g/mol. The summed E-state index contributed by atoms with van der Waals surface area (Å²) in [6.45, 7) is 6.66. The van der Waals surface area contributed by atoms with E-state index in [1.165, 1.54) is 6.07 Å². The lowest BCUT2D eigenvalue weighted by molar-refractivity contribution is -0.122. The predicted octanol–water partition coefficient (Wildman–Crippen LogP) is 1.55. The first-order valence-corrected chi connectivity index (χ1v) is 9.31. The average Bonchev–Trinajstić information content (AvgIpc) is 2.62. The Labute approximate surface area is 149 Å². The Morgan fingerprint density at radius 2 is 1.80 bits per heavy atom. The fourth-order valence-electron chi connectivity index (χ4n) is 3.60. The zero-order valence-electron chi connectivity index (χ0n) is 15.1. The van der Waals surface area contributed by atoms with Crippen LogP contribution in [0.2, 0.25) is 0 Å². The van der Waals surface area contributed by atoms with Crippen LogP contribution >= 0.6 is 0 Å². The summed E-state index contributed by atoms with van der Waals surface area (Å²) in [7, 11) is 2.14. The molecule has 138 valence electrons. The molecule has 1 N–H and O–H groups in total. The quantitative estimate of drug-likeness (QED) is 0.876. The molecule has 0 radical (unpaired) electrons. The number of rotatable bonds is 5. The molecular formula is C19H29FN4O. The molecule has 0 atom stereocenters. The van der Waals surface area contributed by atoms with Crippen LogP contribution in [0, 0.1) is 5.82 Å². The van der Waals surface area contributed by atoms with Crippen molar-refractivity contribution < 1.29 is 9.18 Å². The summed E-state index contributed by atoms with van der Waals surface area (Å²) >= 11 is 0. The second-order valence-electron chi connectivity index (χ2n) is 7.18. The molecule has 2 aliphatic rings. The van der Waals surface area contributed by atoms with E-state index in [4.69, 9.17) is 0 Å². The van der Waals surface area contributed by atoms with Crippen LogP contribution in [0.3, 0.4) is 0 Å². The zero-order valence-corrected chi connectivity index (χ0v) is 15.1. The standard InChI is InChI=1S/C19H29FN4O/c1-22-12-14-23(15-13-22)9-8-19(25)21-16-6-10-24(11-7-16)18-5-3-2-4-17(18)20/h2-5,16H,6-15H2,1H3,(H,21,25). The monoisotopic (exact) mass is 348 g/mol. The number of nitrogens with zero attached hydrogens (tertiary/aromatic N) is 3. The van der Waals surface area contributed by atoms with E-state index in [1.807, 2.05) is 12.1 Å². The molecule has 2 aliphatic heterocycles. The van der Waals surface area contributed by atoms with E-state index in [0.717, 1.165) is 58.7 Å². The molecule has 2 heterocycles. The summed E-state index contributed by atoms with van der Waals surface area (Å²) in [4.78, 5) is 19.0. The van der Waals surface area contributed by atoms with Gasteiger partial charge in [-0.2, -0.15) is 0 Å². The molecule has 6 heteroatoms. The van der Waals surface area contributed by atoms with Crippen molar-refractivity contribution in [2.24, 2.45) is 0 Å². The third-order valence-corrected chi connectivity index (χ3v) is 5.30. The molecule has 25 heavy (non-hydrogen) atoms. The number of hydrogen-bond donors (Lipinski definition) is 1. The Hall–Kier alpha value is -1.66. The molecule has 0 unspecified atom stereocenters. The van der Waals surface area contributed by atoms with E-state index in [0.29, 0.717) is 12.1 Å². The van der Waals surface area contributed by atoms with E-state index >= 15 is 0 Å². The minimum absolute atomic E-state index is 0.142. The van der Waals surface area contributed by atoms with Crippen molar-refractivity contribution >= 4 is 11.6 Å². The second kappa shape index (κ2) is 8.63. The number of carbonyl (C=O) groups is 1. The molecule has 2 saturated heterocycles. The summed E-state index contributed by atoms with van der Waals surface area (Å²) in [6.07, 6.45) is 2.31. The smallest absolute Gasteiger partial charge is 0.221 e. The van der Waals surface area contributed by atoms with Gasteiger partial charge in [0.25, 0.3) is 0 Å². The largest absolute Gasteiger partial charge is 0.369 e. The number of nitrogens with one attached hydrogen (secondary N) is 1. The summed E-state index contributed by atoms with van der Waals surface area (Å²) in [5.74, 6) is -0.0274. The predicted molar refractivity (Wildman–Crippen MR) is 98.3 cm³/mol. The fourth-order valence-corrected chi connectivity index (χ4v) is 3.60. The third kappa shape index (κ3) is 5.16. The molecule has 0 bridgehead atoms. The molecular weight excluding hydrogens is 319 g/mol. The first-order chi connectivity index (χ1) is 12.1. The van der Waals surface area contributed by atoms with Gasteiger partial charge in [-0.05, 0) is 32.0 Å². The SMILES string of the molecule is CN1CCN(CCC(=O)NC2CCN(c3ccccc3F)CC2)CC1. The maximum atomic E-state index is 13.9. The third-order valence-electron chi connectivity index (χ3n) is 5.30. The lowest BCUT2D eigenvalue weighted by Crippen LogP contribution is -2.47. The number of para-hydroxylation sites is 1. The first kappa shape index (κ1) is 18.1. The van der Waals surface area contributed by atoms with E-state index in [2.05, 4.69) is 27.1 Å². The van der Waals surface area contributed by atoms with Crippen LogP contribution in [-0.2, 0) is 4.79 Å². The van der Waals surface area contributed by atoms with Gasteiger partial charge in [-0.3, -0.25) is 4.79 Å². The van der Waals surface area contributed by atoms with Gasteiger partial charge in [0.2, 0.25) is 5.91 Å². The highest BCUT2D eigenvalue weighted by Crippen LogP contribution is 2.22. The van der Waals surface area contributed by atoms with Gasteiger partial charge in [-0.1, -0.05) is 12.1 Å². The summed E-state index contributed by atoms with van der Waals surface area (Å²) in [5, 5.41) is 3.16. The Balaban J connectivity index is 1.37. The maximum absolute atomic E-state index is 13.9. The van der Waals surface area contributed by atoms with Crippen LogP contribution < -0.4 is 10.2 Å². The summed E-state index contributed by atoms with van der Waals surface area (Å²) in [5.41, 5.74) is 0.669. The van der Waals surface area contributed by atoms with Gasteiger partial charge in [0.1, 0.15) is 5.82 Å². The van der Waals surface area contributed by atoms with Gasteiger partial charge in [0.05, 0.1) is 5.69 Å². The molecule has 0 saturated carbocycles. The van der Waals surface area contributed by atoms with Gasteiger partial charge in [0.15, 0.2) is 0 Å². The number of hydrogen-bond acceptors (Lipinski definition) is 4. The van der Waals surface area contributed by atoms with Crippen molar-refractivity contribution in [2.45, 2.75) is 25.3 Å². The van der Waals surface area contributed by atoms with E-state index in [1.54, 1.807) is 6.07 Å². The maximum Gasteiger partial charge on any atom is 0.221 e. The van der Waals surface area contributed by atoms with Gasteiger partial charge < -0.3 is 20.0 Å². The fraction of sp³-hybridized carbons (Fsp3) is 0.632. The Bertz CT molecular complexity index is 566. The minimum Gasteiger partial charge on any atom is -0.369 e. The molecule has 0 spiro atoms. The molecule has 0 aliphatic carbocycles. The minimum atomic E-state index is -0.169. The van der Waals surface area contributed by atoms with Crippen LogP contribution in [-0.4, -0.2) is 74.6 Å². The van der Waals surface area contributed by atoms with Crippen molar-refractivity contribution in [3.05, 3.63) is 30.1 Å². The van der Waals surface area contributed by atoms with Crippen molar-refractivity contribution in [3.63, 3.8) is 0 Å². The molecule has 5 nitrogen and oxygen atoms in total. The van der Waals surface area contributed by atoms with E-state index in [9.17, 15) is 9.18 Å². The summed E-state index contributed by atoms with van der Waals surface area (Å²) in [6, 6.07) is 7.12. The molecule has 0 aromatic heterocycles. The van der Waals surface area contributed by atoms with Gasteiger partial charge in [-0.25, -0.2) is 4.39 Å². The molecule has 3 rings (SSSR count). The van der Waals surface area contributed by atoms with Gasteiger partial charge >= 0.3 is 0 Å². The Kier molecular flexibility index (Phi) is 6.26. The van der Waals surface area contributed by atoms with Crippen molar-refractivity contribution in [3.8, 4) is 0 Å². The first-order valence-electron chi connectivity index (χ1n) is 9.31. The highest BCUT2D eigenvalue weighted by Gasteiger charge is 2.22. The molecule has 2 fully saturated rings. The number of anilines is 1.